The van der Waals surface area contributed by atoms with E-state index in [1.165, 1.54) is 24.4 Å². The zero-order chi connectivity index (χ0) is 12.4. The van der Waals surface area contributed by atoms with Crippen molar-refractivity contribution in [3.63, 3.8) is 0 Å². The lowest BCUT2D eigenvalue weighted by atomic mass is 10.1. The van der Waals surface area contributed by atoms with E-state index in [4.69, 9.17) is 0 Å². The molecule has 2 fully saturated rings. The van der Waals surface area contributed by atoms with Gasteiger partial charge in [0.05, 0.1) is 0 Å². The summed E-state index contributed by atoms with van der Waals surface area (Å²) in [6.07, 6.45) is 0. The molecule has 0 atom stereocenters. The van der Waals surface area contributed by atoms with E-state index in [0.717, 1.165) is 32.2 Å². The fourth-order valence-electron chi connectivity index (χ4n) is 2.70. The van der Waals surface area contributed by atoms with Gasteiger partial charge in [0.1, 0.15) is 0 Å². The van der Waals surface area contributed by atoms with Crippen molar-refractivity contribution in [2.45, 2.75) is 6.04 Å². The molecule has 3 heteroatoms. The van der Waals surface area contributed by atoms with Gasteiger partial charge in [0, 0.05) is 51.0 Å². The molecular weight excluding hydrogens is 222 g/mol. The molecule has 1 aromatic rings. The third-order valence-corrected chi connectivity index (χ3v) is 4.08. The van der Waals surface area contributed by atoms with Crippen molar-refractivity contribution in [2.75, 3.05) is 39.3 Å². The average Bonchev–Trinajstić information content (AvgIpc) is 2.38. The highest BCUT2D eigenvalue weighted by Crippen LogP contribution is 2.19. The van der Waals surface area contributed by atoms with Gasteiger partial charge in [0.15, 0.2) is 0 Å². The Hall–Kier alpha value is -1.32. The minimum atomic E-state index is 0.775. The van der Waals surface area contributed by atoms with E-state index in [1.807, 2.05) is 0 Å². The summed E-state index contributed by atoms with van der Waals surface area (Å²) in [6.45, 7) is 11.1. The van der Waals surface area contributed by atoms with Gasteiger partial charge in [0.25, 0.3) is 0 Å². The molecule has 0 aliphatic carbocycles. The summed E-state index contributed by atoms with van der Waals surface area (Å²) in [6, 6.07) is 11.3. The van der Waals surface area contributed by atoms with Crippen molar-refractivity contribution in [2.24, 2.45) is 0 Å². The quantitative estimate of drug-likeness (QED) is 0.862. The summed E-state index contributed by atoms with van der Waals surface area (Å²) in [5, 5.41) is 3.35. The first-order chi connectivity index (χ1) is 8.84. The van der Waals surface area contributed by atoms with Crippen LogP contribution in [0, 0.1) is 0 Å². The Labute approximate surface area is 109 Å². The van der Waals surface area contributed by atoms with E-state index in [9.17, 15) is 0 Å². The van der Waals surface area contributed by atoms with Gasteiger partial charge in [-0.2, -0.15) is 0 Å². The van der Waals surface area contributed by atoms with E-state index >= 15 is 0 Å². The molecular formula is C15H21N3. The number of rotatable bonds is 3. The summed E-state index contributed by atoms with van der Waals surface area (Å²) in [5.41, 5.74) is 2.42. The Morgan fingerprint density at radius 3 is 2.28 bits per heavy atom. The lowest BCUT2D eigenvalue weighted by Gasteiger charge is -2.44. The molecule has 2 heterocycles. The Kier molecular flexibility index (Phi) is 3.35. The first kappa shape index (κ1) is 11.8. The maximum absolute atomic E-state index is 4.25. The van der Waals surface area contributed by atoms with Crippen LogP contribution >= 0.6 is 0 Å². The van der Waals surface area contributed by atoms with E-state index < -0.39 is 0 Å². The molecule has 0 bridgehead atoms. The van der Waals surface area contributed by atoms with Gasteiger partial charge in [0.2, 0.25) is 0 Å². The monoisotopic (exact) mass is 243 g/mol. The van der Waals surface area contributed by atoms with Gasteiger partial charge >= 0.3 is 0 Å². The van der Waals surface area contributed by atoms with Crippen LogP contribution in [0.4, 0.5) is 0 Å². The highest BCUT2D eigenvalue weighted by Gasteiger charge is 2.27. The second-order valence-corrected chi connectivity index (χ2v) is 5.15. The van der Waals surface area contributed by atoms with Crippen LogP contribution in [0.15, 0.2) is 36.9 Å². The van der Waals surface area contributed by atoms with E-state index in [1.54, 1.807) is 0 Å². The minimum absolute atomic E-state index is 0.775. The number of benzene rings is 1. The molecule has 2 saturated heterocycles. The van der Waals surface area contributed by atoms with Gasteiger partial charge in [-0.05, 0) is 5.56 Å². The second kappa shape index (κ2) is 5.12. The summed E-state index contributed by atoms with van der Waals surface area (Å²) >= 11 is 0. The fourth-order valence-corrected chi connectivity index (χ4v) is 2.70. The molecule has 3 nitrogen and oxygen atoms in total. The maximum Gasteiger partial charge on any atom is 0.0367 e. The molecule has 2 aliphatic heterocycles. The number of hydrogen-bond acceptors (Lipinski definition) is 3. The summed E-state index contributed by atoms with van der Waals surface area (Å²) in [5.74, 6) is 0. The molecule has 0 saturated carbocycles. The van der Waals surface area contributed by atoms with Crippen molar-refractivity contribution in [3.8, 4) is 0 Å². The van der Waals surface area contributed by atoms with Crippen LogP contribution in [0.25, 0.3) is 5.70 Å². The van der Waals surface area contributed by atoms with Crippen molar-refractivity contribution in [3.05, 3.63) is 42.5 Å². The van der Waals surface area contributed by atoms with E-state index in [0.29, 0.717) is 0 Å². The molecule has 0 radical (unpaired) electrons. The topological polar surface area (TPSA) is 18.5 Å². The van der Waals surface area contributed by atoms with Crippen LogP contribution in [0.2, 0.25) is 0 Å². The SMILES string of the molecule is C=C(c1ccccc1)N1CCN(C2CNC2)CC1. The minimum Gasteiger partial charge on any atom is -0.369 e. The molecule has 0 spiro atoms. The normalized spacial score (nSPS) is 21.7. The molecule has 3 rings (SSSR count). The molecule has 0 amide bonds. The van der Waals surface area contributed by atoms with Gasteiger partial charge in [-0.15, -0.1) is 0 Å². The molecule has 1 N–H and O–H groups in total. The molecule has 96 valence electrons. The number of nitrogens with one attached hydrogen (secondary N) is 1. The smallest absolute Gasteiger partial charge is 0.0367 e. The molecule has 18 heavy (non-hydrogen) atoms. The lowest BCUT2D eigenvalue weighted by Crippen LogP contribution is -2.61. The zero-order valence-corrected chi connectivity index (χ0v) is 10.8. The standard InChI is InChI=1S/C15H21N3/c1-13(14-5-3-2-4-6-14)17-7-9-18(10-8-17)15-11-16-12-15/h2-6,15-16H,1,7-12H2. The third-order valence-electron chi connectivity index (χ3n) is 4.08. The Morgan fingerprint density at radius 1 is 1.06 bits per heavy atom. The van der Waals surface area contributed by atoms with Gasteiger partial charge in [-0.25, -0.2) is 0 Å². The first-order valence-corrected chi connectivity index (χ1v) is 6.78. The number of hydrogen-bond donors (Lipinski definition) is 1. The predicted octanol–water partition coefficient (Wildman–Crippen LogP) is 1.25. The third kappa shape index (κ3) is 2.28. The van der Waals surface area contributed by atoms with Crippen LogP contribution in [-0.4, -0.2) is 55.1 Å². The highest BCUT2D eigenvalue weighted by molar-refractivity contribution is 5.61. The van der Waals surface area contributed by atoms with Crippen LogP contribution in [0.3, 0.4) is 0 Å². The van der Waals surface area contributed by atoms with Crippen molar-refractivity contribution >= 4 is 5.70 Å². The van der Waals surface area contributed by atoms with Crippen molar-refractivity contribution in [1.29, 1.82) is 0 Å². The summed E-state index contributed by atoms with van der Waals surface area (Å²) in [4.78, 5) is 5.02. The Balaban J connectivity index is 1.57. The largest absolute Gasteiger partial charge is 0.369 e. The molecule has 2 aliphatic rings. The lowest BCUT2D eigenvalue weighted by molar-refractivity contribution is 0.0961. The van der Waals surface area contributed by atoms with Crippen LogP contribution in [-0.2, 0) is 0 Å². The van der Waals surface area contributed by atoms with Gasteiger partial charge < -0.3 is 10.2 Å². The van der Waals surface area contributed by atoms with Gasteiger partial charge in [-0.1, -0.05) is 36.9 Å². The fraction of sp³-hybridized carbons (Fsp3) is 0.467. The van der Waals surface area contributed by atoms with Crippen LogP contribution in [0.5, 0.6) is 0 Å². The number of piperazine rings is 1. The average molecular weight is 243 g/mol. The zero-order valence-electron chi connectivity index (χ0n) is 10.8. The maximum atomic E-state index is 4.25. The second-order valence-electron chi connectivity index (χ2n) is 5.15. The molecule has 0 aromatic heterocycles. The first-order valence-electron chi connectivity index (χ1n) is 6.78. The van der Waals surface area contributed by atoms with Crippen LogP contribution < -0.4 is 5.32 Å². The summed E-state index contributed by atoms with van der Waals surface area (Å²) in [7, 11) is 0. The van der Waals surface area contributed by atoms with E-state index in [2.05, 4.69) is 52.0 Å². The molecule has 0 unspecified atom stereocenters. The highest BCUT2D eigenvalue weighted by atomic mass is 15.3. The van der Waals surface area contributed by atoms with E-state index in [-0.39, 0.29) is 0 Å². The van der Waals surface area contributed by atoms with Crippen LogP contribution in [0.1, 0.15) is 5.56 Å². The van der Waals surface area contributed by atoms with Gasteiger partial charge in [-0.3, -0.25) is 4.90 Å². The van der Waals surface area contributed by atoms with Crippen molar-refractivity contribution < 1.29 is 0 Å². The van der Waals surface area contributed by atoms with Crippen molar-refractivity contribution in [1.82, 2.24) is 15.1 Å². The number of nitrogens with zero attached hydrogens (tertiary/aromatic N) is 2. The predicted molar refractivity (Wildman–Crippen MR) is 75.3 cm³/mol. The Morgan fingerprint density at radius 2 is 1.72 bits per heavy atom. The Bertz CT molecular complexity index is 403. The summed E-state index contributed by atoms with van der Waals surface area (Å²) < 4.78 is 0. The molecule has 1 aromatic carbocycles.